The second-order valence-electron chi connectivity index (χ2n) is 7.44. The summed E-state index contributed by atoms with van der Waals surface area (Å²) in [6, 6.07) is 23.5. The van der Waals surface area contributed by atoms with E-state index >= 15 is 0 Å². The molecule has 0 spiro atoms. The number of benzene rings is 3. The van der Waals surface area contributed by atoms with Crippen LogP contribution in [0.4, 0.5) is 11.4 Å². The van der Waals surface area contributed by atoms with E-state index in [0.29, 0.717) is 23.5 Å². The van der Waals surface area contributed by atoms with Gasteiger partial charge in [0.1, 0.15) is 0 Å². The van der Waals surface area contributed by atoms with Gasteiger partial charge in [-0.25, -0.2) is 0 Å². The van der Waals surface area contributed by atoms with Gasteiger partial charge in [0.25, 0.3) is 5.91 Å². The molecule has 5 heteroatoms. The fourth-order valence-corrected chi connectivity index (χ4v) is 4.44. The number of carbonyl (C=O) groups excluding carboxylic acids is 2. The SMILES string of the molecule is Cc1cccc(CSCC(=O)Nc2ccc(C(=O)N3CCc4ccccc43)cc2)c1. The van der Waals surface area contributed by atoms with Gasteiger partial charge in [-0.2, -0.15) is 0 Å². The second kappa shape index (κ2) is 9.18. The molecule has 0 aliphatic carbocycles. The molecule has 4 nitrogen and oxygen atoms in total. The molecule has 152 valence electrons. The summed E-state index contributed by atoms with van der Waals surface area (Å²) in [6.07, 6.45) is 0.885. The molecule has 3 aromatic carbocycles. The van der Waals surface area contributed by atoms with Crippen LogP contribution in [0.3, 0.4) is 0 Å². The Bertz CT molecular complexity index is 1060. The molecule has 30 heavy (non-hydrogen) atoms. The number of thioether (sulfide) groups is 1. The smallest absolute Gasteiger partial charge is 0.258 e. The lowest BCUT2D eigenvalue weighted by Crippen LogP contribution is -2.28. The number of hydrogen-bond acceptors (Lipinski definition) is 3. The van der Waals surface area contributed by atoms with Crippen molar-refractivity contribution >= 4 is 35.0 Å². The van der Waals surface area contributed by atoms with Crippen LogP contribution in [0.25, 0.3) is 0 Å². The van der Waals surface area contributed by atoms with Gasteiger partial charge < -0.3 is 10.2 Å². The predicted octanol–water partition coefficient (Wildman–Crippen LogP) is 5.07. The lowest BCUT2D eigenvalue weighted by atomic mass is 10.1. The number of nitrogens with zero attached hydrogens (tertiary/aromatic N) is 1. The maximum Gasteiger partial charge on any atom is 0.258 e. The highest BCUT2D eigenvalue weighted by Crippen LogP contribution is 2.29. The highest BCUT2D eigenvalue weighted by molar-refractivity contribution is 7.99. The molecule has 0 radical (unpaired) electrons. The summed E-state index contributed by atoms with van der Waals surface area (Å²) in [5, 5.41) is 2.91. The number of aryl methyl sites for hydroxylation is 1. The largest absolute Gasteiger partial charge is 0.325 e. The van der Waals surface area contributed by atoms with Crippen molar-refractivity contribution in [3.05, 3.63) is 95.1 Å². The van der Waals surface area contributed by atoms with Crippen LogP contribution in [0.5, 0.6) is 0 Å². The molecule has 0 saturated carbocycles. The summed E-state index contributed by atoms with van der Waals surface area (Å²) < 4.78 is 0. The maximum atomic E-state index is 12.9. The van der Waals surface area contributed by atoms with Gasteiger partial charge in [0.05, 0.1) is 5.75 Å². The number of hydrogen-bond donors (Lipinski definition) is 1. The zero-order chi connectivity index (χ0) is 20.9. The Labute approximate surface area is 181 Å². The van der Waals surface area contributed by atoms with E-state index in [9.17, 15) is 9.59 Å². The van der Waals surface area contributed by atoms with Crippen molar-refractivity contribution in [2.75, 3.05) is 22.5 Å². The average molecular weight is 417 g/mol. The molecule has 1 aliphatic rings. The molecule has 4 rings (SSSR count). The summed E-state index contributed by atoms with van der Waals surface area (Å²) in [4.78, 5) is 26.9. The monoisotopic (exact) mass is 416 g/mol. The molecule has 0 unspecified atom stereocenters. The average Bonchev–Trinajstić information content (AvgIpc) is 3.18. The summed E-state index contributed by atoms with van der Waals surface area (Å²) in [5.41, 5.74) is 5.97. The third-order valence-corrected chi connectivity index (χ3v) is 6.14. The molecular weight excluding hydrogens is 392 g/mol. The van der Waals surface area contributed by atoms with Crippen LogP contribution in [0.2, 0.25) is 0 Å². The van der Waals surface area contributed by atoms with E-state index in [1.54, 1.807) is 36.0 Å². The third kappa shape index (κ3) is 4.74. The topological polar surface area (TPSA) is 49.4 Å². The van der Waals surface area contributed by atoms with Crippen LogP contribution < -0.4 is 10.2 Å². The molecule has 0 atom stereocenters. The van der Waals surface area contributed by atoms with Gasteiger partial charge in [-0.1, -0.05) is 48.0 Å². The summed E-state index contributed by atoms with van der Waals surface area (Å²) in [5.74, 6) is 1.14. The number of rotatable bonds is 6. The van der Waals surface area contributed by atoms with E-state index in [0.717, 1.165) is 17.9 Å². The molecule has 0 aromatic heterocycles. The molecule has 1 N–H and O–H groups in total. The van der Waals surface area contributed by atoms with Crippen LogP contribution in [-0.2, 0) is 17.0 Å². The zero-order valence-corrected chi connectivity index (χ0v) is 17.7. The van der Waals surface area contributed by atoms with Gasteiger partial charge in [-0.15, -0.1) is 11.8 Å². The van der Waals surface area contributed by atoms with Crippen LogP contribution in [0, 0.1) is 6.92 Å². The number of anilines is 2. The Balaban J connectivity index is 1.30. The minimum absolute atomic E-state index is 0.00784. The number of amides is 2. The van der Waals surface area contributed by atoms with Crippen LogP contribution in [-0.4, -0.2) is 24.1 Å². The lowest BCUT2D eigenvalue weighted by Gasteiger charge is -2.17. The highest BCUT2D eigenvalue weighted by Gasteiger charge is 2.24. The Kier molecular flexibility index (Phi) is 6.19. The fourth-order valence-electron chi connectivity index (χ4n) is 3.66. The van der Waals surface area contributed by atoms with Crippen molar-refractivity contribution < 1.29 is 9.59 Å². The van der Waals surface area contributed by atoms with E-state index < -0.39 is 0 Å². The van der Waals surface area contributed by atoms with E-state index in [4.69, 9.17) is 0 Å². The third-order valence-electron chi connectivity index (χ3n) is 5.13. The molecule has 2 amide bonds. The van der Waals surface area contributed by atoms with E-state index in [-0.39, 0.29) is 11.8 Å². The summed E-state index contributed by atoms with van der Waals surface area (Å²) in [7, 11) is 0. The summed E-state index contributed by atoms with van der Waals surface area (Å²) >= 11 is 1.59. The van der Waals surface area contributed by atoms with Crippen molar-refractivity contribution in [1.29, 1.82) is 0 Å². The van der Waals surface area contributed by atoms with Crippen molar-refractivity contribution in [3.8, 4) is 0 Å². The van der Waals surface area contributed by atoms with Gasteiger partial charge >= 0.3 is 0 Å². The number of fused-ring (bicyclic) bond motifs is 1. The van der Waals surface area contributed by atoms with Gasteiger partial charge in [0.15, 0.2) is 0 Å². The Morgan fingerprint density at radius 3 is 2.60 bits per heavy atom. The number of nitrogens with one attached hydrogen (secondary N) is 1. The maximum absolute atomic E-state index is 12.9. The minimum atomic E-state index is -0.0415. The molecule has 0 saturated heterocycles. The van der Waals surface area contributed by atoms with Gasteiger partial charge in [-0.05, 0) is 54.8 Å². The van der Waals surface area contributed by atoms with Crippen LogP contribution in [0.1, 0.15) is 27.0 Å². The van der Waals surface area contributed by atoms with Crippen molar-refractivity contribution in [1.82, 2.24) is 0 Å². The second-order valence-corrected chi connectivity index (χ2v) is 8.43. The molecular formula is C25H24N2O2S. The fraction of sp³-hybridized carbons (Fsp3) is 0.200. The first kappa shape index (κ1) is 20.2. The zero-order valence-electron chi connectivity index (χ0n) is 16.9. The predicted molar refractivity (Wildman–Crippen MR) is 124 cm³/mol. The molecule has 1 heterocycles. The molecule has 1 aliphatic heterocycles. The first-order valence-corrected chi connectivity index (χ1v) is 11.2. The Morgan fingerprint density at radius 1 is 1.00 bits per heavy atom. The molecule has 0 fully saturated rings. The first-order valence-electron chi connectivity index (χ1n) is 10.0. The quantitative estimate of drug-likeness (QED) is 0.610. The number of carbonyl (C=O) groups is 2. The standard InChI is InChI=1S/C25H24N2O2S/c1-18-5-4-6-19(15-18)16-30-17-24(28)26-22-11-9-21(10-12-22)25(29)27-14-13-20-7-2-3-8-23(20)27/h2-12,15H,13-14,16-17H2,1H3,(H,26,28). The van der Waals surface area contributed by atoms with Gasteiger partial charge in [-0.3, -0.25) is 9.59 Å². The van der Waals surface area contributed by atoms with Crippen LogP contribution >= 0.6 is 11.8 Å². The van der Waals surface area contributed by atoms with Gasteiger partial charge in [0.2, 0.25) is 5.91 Å². The Morgan fingerprint density at radius 2 is 1.80 bits per heavy atom. The van der Waals surface area contributed by atoms with Gasteiger partial charge in [0, 0.05) is 29.2 Å². The van der Waals surface area contributed by atoms with Crippen molar-refractivity contribution in [2.24, 2.45) is 0 Å². The highest BCUT2D eigenvalue weighted by atomic mass is 32.2. The van der Waals surface area contributed by atoms with E-state index in [1.165, 1.54) is 16.7 Å². The minimum Gasteiger partial charge on any atom is -0.325 e. The van der Waals surface area contributed by atoms with Crippen molar-refractivity contribution in [2.45, 2.75) is 19.1 Å². The van der Waals surface area contributed by atoms with Crippen LogP contribution in [0.15, 0.2) is 72.8 Å². The van der Waals surface area contributed by atoms with E-state index in [2.05, 4.69) is 36.5 Å². The molecule has 3 aromatic rings. The first-order chi connectivity index (χ1) is 14.6. The normalized spacial score (nSPS) is 12.5. The summed E-state index contributed by atoms with van der Waals surface area (Å²) in [6.45, 7) is 2.77. The Hall–Kier alpha value is -3.05. The lowest BCUT2D eigenvalue weighted by molar-refractivity contribution is -0.113. The number of para-hydroxylation sites is 1. The van der Waals surface area contributed by atoms with Crippen molar-refractivity contribution in [3.63, 3.8) is 0 Å². The van der Waals surface area contributed by atoms with E-state index in [1.807, 2.05) is 29.2 Å². The molecule has 0 bridgehead atoms.